The number of thiazole rings is 1. The molecule has 1 aromatic carbocycles. The van der Waals surface area contributed by atoms with Crippen LogP contribution in [0.4, 0.5) is 0 Å². The standard InChI is InChI=1S/C11H9NS/c1-4-10-12-11-8(3)7(2)5-6-9(11)13-10/h1,5-6H,2-3H3. The summed E-state index contributed by atoms with van der Waals surface area (Å²) in [6.07, 6.45) is 5.30. The van der Waals surface area contributed by atoms with Crippen LogP contribution >= 0.6 is 11.3 Å². The van der Waals surface area contributed by atoms with Gasteiger partial charge in [-0.05, 0) is 37.0 Å². The van der Waals surface area contributed by atoms with Crippen molar-refractivity contribution in [2.24, 2.45) is 0 Å². The Labute approximate surface area is 81.4 Å². The van der Waals surface area contributed by atoms with E-state index in [-0.39, 0.29) is 0 Å². The molecule has 0 spiro atoms. The van der Waals surface area contributed by atoms with Gasteiger partial charge in [-0.15, -0.1) is 17.8 Å². The first-order valence-corrected chi connectivity index (χ1v) is 4.87. The van der Waals surface area contributed by atoms with Crippen molar-refractivity contribution in [3.05, 3.63) is 28.3 Å². The Kier molecular flexibility index (Phi) is 1.82. The van der Waals surface area contributed by atoms with Gasteiger partial charge in [0, 0.05) is 0 Å². The molecule has 0 N–H and O–H groups in total. The summed E-state index contributed by atoms with van der Waals surface area (Å²) in [7, 11) is 0. The fourth-order valence-corrected chi connectivity index (χ4v) is 2.12. The van der Waals surface area contributed by atoms with Crippen molar-refractivity contribution in [2.75, 3.05) is 0 Å². The number of aryl methyl sites for hydroxylation is 2. The zero-order chi connectivity index (χ0) is 9.42. The van der Waals surface area contributed by atoms with Gasteiger partial charge in [-0.3, -0.25) is 0 Å². The summed E-state index contributed by atoms with van der Waals surface area (Å²) in [5.74, 6) is 2.57. The lowest BCUT2D eigenvalue weighted by atomic mass is 10.1. The van der Waals surface area contributed by atoms with Gasteiger partial charge in [0.25, 0.3) is 0 Å². The predicted molar refractivity (Wildman–Crippen MR) is 57.0 cm³/mol. The summed E-state index contributed by atoms with van der Waals surface area (Å²) in [5, 5.41) is 0.767. The highest BCUT2D eigenvalue weighted by atomic mass is 32.1. The van der Waals surface area contributed by atoms with Crippen molar-refractivity contribution in [2.45, 2.75) is 13.8 Å². The van der Waals surface area contributed by atoms with Crippen LogP contribution in [-0.2, 0) is 0 Å². The van der Waals surface area contributed by atoms with Crippen LogP contribution in [0, 0.1) is 26.2 Å². The van der Waals surface area contributed by atoms with E-state index in [2.05, 4.69) is 36.9 Å². The topological polar surface area (TPSA) is 12.9 Å². The van der Waals surface area contributed by atoms with Crippen molar-refractivity contribution >= 4 is 21.6 Å². The van der Waals surface area contributed by atoms with Crippen LogP contribution in [0.3, 0.4) is 0 Å². The fraction of sp³-hybridized carbons (Fsp3) is 0.182. The molecule has 0 bridgehead atoms. The molecule has 2 aromatic rings. The molecule has 0 amide bonds. The number of nitrogens with zero attached hydrogens (tertiary/aromatic N) is 1. The third-order valence-corrected chi connectivity index (χ3v) is 3.16. The minimum Gasteiger partial charge on any atom is -0.227 e. The predicted octanol–water partition coefficient (Wildman–Crippen LogP) is 2.89. The van der Waals surface area contributed by atoms with E-state index in [4.69, 9.17) is 6.42 Å². The molecule has 2 heteroatoms. The van der Waals surface area contributed by atoms with Gasteiger partial charge in [0.1, 0.15) is 0 Å². The van der Waals surface area contributed by atoms with E-state index in [0.29, 0.717) is 0 Å². The third kappa shape index (κ3) is 1.22. The van der Waals surface area contributed by atoms with Crippen LogP contribution in [0.5, 0.6) is 0 Å². The highest BCUT2D eigenvalue weighted by Crippen LogP contribution is 2.25. The van der Waals surface area contributed by atoms with Crippen molar-refractivity contribution in [1.29, 1.82) is 0 Å². The van der Waals surface area contributed by atoms with Gasteiger partial charge in [0.2, 0.25) is 0 Å². The number of hydrogen-bond acceptors (Lipinski definition) is 2. The Hall–Kier alpha value is -1.33. The molecular formula is C11H9NS. The van der Waals surface area contributed by atoms with Crippen LogP contribution in [0.1, 0.15) is 16.1 Å². The van der Waals surface area contributed by atoms with Gasteiger partial charge in [-0.25, -0.2) is 4.98 Å². The van der Waals surface area contributed by atoms with Crippen LogP contribution in [0.25, 0.3) is 10.2 Å². The average Bonchev–Trinajstić information content (AvgIpc) is 2.55. The molecule has 1 aromatic heterocycles. The van der Waals surface area contributed by atoms with E-state index in [1.807, 2.05) is 0 Å². The highest BCUT2D eigenvalue weighted by Gasteiger charge is 2.05. The third-order valence-electron chi connectivity index (χ3n) is 2.21. The van der Waals surface area contributed by atoms with E-state index in [1.165, 1.54) is 15.8 Å². The van der Waals surface area contributed by atoms with E-state index in [0.717, 1.165) is 10.5 Å². The van der Waals surface area contributed by atoms with Crippen molar-refractivity contribution in [3.8, 4) is 12.3 Å². The van der Waals surface area contributed by atoms with Gasteiger partial charge in [0.15, 0.2) is 5.01 Å². The maximum Gasteiger partial charge on any atom is 0.167 e. The van der Waals surface area contributed by atoms with Crippen LogP contribution in [0.2, 0.25) is 0 Å². The fourth-order valence-electron chi connectivity index (χ4n) is 1.29. The molecule has 13 heavy (non-hydrogen) atoms. The highest BCUT2D eigenvalue weighted by molar-refractivity contribution is 7.19. The van der Waals surface area contributed by atoms with Crippen molar-refractivity contribution < 1.29 is 0 Å². The number of terminal acetylenes is 1. The average molecular weight is 187 g/mol. The monoisotopic (exact) mass is 187 g/mol. The molecule has 0 unspecified atom stereocenters. The Balaban J connectivity index is 2.86. The van der Waals surface area contributed by atoms with Gasteiger partial charge in [-0.2, -0.15) is 0 Å². The maximum atomic E-state index is 5.30. The molecule has 64 valence electrons. The second-order valence-corrected chi connectivity index (χ2v) is 4.05. The lowest BCUT2D eigenvalue weighted by Gasteiger charge is -1.97. The molecular weight excluding hydrogens is 178 g/mol. The molecule has 0 aliphatic carbocycles. The first kappa shape index (κ1) is 8.28. The second-order valence-electron chi connectivity index (χ2n) is 3.02. The number of fused-ring (bicyclic) bond motifs is 1. The molecule has 0 fully saturated rings. The van der Waals surface area contributed by atoms with Crippen LogP contribution < -0.4 is 0 Å². The van der Waals surface area contributed by atoms with E-state index < -0.39 is 0 Å². The summed E-state index contributed by atoms with van der Waals surface area (Å²) in [4.78, 5) is 4.37. The SMILES string of the molecule is C#Cc1nc2c(C)c(C)ccc2s1. The minimum absolute atomic E-state index is 0.767. The quantitative estimate of drug-likeness (QED) is 0.578. The zero-order valence-corrected chi connectivity index (χ0v) is 8.40. The smallest absolute Gasteiger partial charge is 0.167 e. The van der Waals surface area contributed by atoms with Gasteiger partial charge >= 0.3 is 0 Å². The van der Waals surface area contributed by atoms with Gasteiger partial charge < -0.3 is 0 Å². The minimum atomic E-state index is 0.767. The zero-order valence-electron chi connectivity index (χ0n) is 7.59. The number of rotatable bonds is 0. The summed E-state index contributed by atoms with van der Waals surface area (Å²) < 4.78 is 1.18. The molecule has 0 radical (unpaired) electrons. The Bertz CT molecular complexity index is 503. The van der Waals surface area contributed by atoms with Crippen molar-refractivity contribution in [1.82, 2.24) is 4.98 Å². The first-order valence-electron chi connectivity index (χ1n) is 4.05. The van der Waals surface area contributed by atoms with Crippen LogP contribution in [-0.4, -0.2) is 4.98 Å². The van der Waals surface area contributed by atoms with Gasteiger partial charge in [0.05, 0.1) is 10.2 Å². The molecule has 0 saturated heterocycles. The number of benzene rings is 1. The summed E-state index contributed by atoms with van der Waals surface area (Å²) in [6.45, 7) is 4.17. The summed E-state index contributed by atoms with van der Waals surface area (Å²) in [6, 6.07) is 4.19. The summed E-state index contributed by atoms with van der Waals surface area (Å²) >= 11 is 1.57. The maximum absolute atomic E-state index is 5.30. The van der Waals surface area contributed by atoms with E-state index >= 15 is 0 Å². The summed E-state index contributed by atoms with van der Waals surface area (Å²) in [5.41, 5.74) is 3.55. The van der Waals surface area contributed by atoms with Gasteiger partial charge in [-0.1, -0.05) is 6.07 Å². The number of hydrogen-bond donors (Lipinski definition) is 0. The molecule has 0 aliphatic rings. The number of aromatic nitrogens is 1. The molecule has 2 rings (SSSR count). The lowest BCUT2D eigenvalue weighted by molar-refractivity contribution is 1.33. The molecule has 1 heterocycles. The van der Waals surface area contributed by atoms with E-state index in [9.17, 15) is 0 Å². The molecule has 0 atom stereocenters. The van der Waals surface area contributed by atoms with Crippen molar-refractivity contribution in [3.63, 3.8) is 0 Å². The Morgan fingerprint density at radius 1 is 1.38 bits per heavy atom. The Morgan fingerprint density at radius 3 is 2.85 bits per heavy atom. The molecule has 0 saturated carbocycles. The first-order chi connectivity index (χ1) is 6.22. The lowest BCUT2D eigenvalue weighted by Crippen LogP contribution is -1.81. The van der Waals surface area contributed by atoms with Crippen LogP contribution in [0.15, 0.2) is 12.1 Å². The largest absolute Gasteiger partial charge is 0.227 e. The second kappa shape index (κ2) is 2.86. The Morgan fingerprint density at radius 2 is 2.15 bits per heavy atom. The van der Waals surface area contributed by atoms with E-state index in [1.54, 1.807) is 11.3 Å². The molecule has 0 aliphatic heterocycles. The normalized spacial score (nSPS) is 10.2. The molecule has 1 nitrogen and oxygen atoms in total.